The van der Waals surface area contributed by atoms with Gasteiger partial charge in [-0.3, -0.25) is 0 Å². The normalized spacial score (nSPS) is 24.7. The van der Waals surface area contributed by atoms with Crippen LogP contribution in [-0.2, 0) is 0 Å². The number of thioether (sulfide) groups is 6. The van der Waals surface area contributed by atoms with Crippen LogP contribution in [0, 0.1) is 0 Å². The Balaban J connectivity index is 1.73. The van der Waals surface area contributed by atoms with Crippen molar-refractivity contribution in [1.29, 1.82) is 0 Å². The summed E-state index contributed by atoms with van der Waals surface area (Å²) < 4.78 is 7.92. The minimum atomic E-state index is -1.85. The zero-order valence-electron chi connectivity index (χ0n) is 10.4. The molecule has 3 aliphatic heterocycles. The summed E-state index contributed by atoms with van der Waals surface area (Å²) in [5, 5.41) is 2.43. The third-order valence-electron chi connectivity index (χ3n) is 2.47. The van der Waals surface area contributed by atoms with Crippen molar-refractivity contribution in [2.24, 2.45) is 0 Å². The Labute approximate surface area is 139 Å². The van der Waals surface area contributed by atoms with Crippen molar-refractivity contribution in [2.75, 3.05) is 11.5 Å². The molecule has 0 aromatic carbocycles. The molecule has 98 valence electrons. The summed E-state index contributed by atoms with van der Waals surface area (Å²) in [6.07, 6.45) is 0. The quantitative estimate of drug-likeness (QED) is 0.415. The molecule has 0 aromatic heterocycles. The van der Waals surface area contributed by atoms with Crippen molar-refractivity contribution >= 4 is 88.9 Å². The van der Waals surface area contributed by atoms with Crippen LogP contribution in [0.4, 0.5) is 0 Å². The minimum absolute atomic E-state index is 1.28. The van der Waals surface area contributed by atoms with E-state index in [2.05, 4.69) is 32.0 Å². The van der Waals surface area contributed by atoms with Crippen LogP contribution in [-0.4, -0.2) is 29.9 Å². The predicted molar refractivity (Wildman–Crippen MR) is 101 cm³/mol. The first-order chi connectivity index (χ1) is 8.54. The number of hydrogen-bond donors (Lipinski definition) is 0. The van der Waals surface area contributed by atoms with Crippen molar-refractivity contribution in [2.45, 2.75) is 14.8 Å². The summed E-state index contributed by atoms with van der Waals surface area (Å²) in [7, 11) is 0. The van der Waals surface area contributed by atoms with Crippen LogP contribution >= 0.6 is 70.6 Å². The zero-order chi connectivity index (χ0) is 12.8. The van der Waals surface area contributed by atoms with Crippen molar-refractivity contribution < 1.29 is 0 Å². The molecule has 18 heavy (non-hydrogen) atoms. The molecule has 0 bridgehead atoms. The van der Waals surface area contributed by atoms with Gasteiger partial charge in [-0.1, -0.05) is 0 Å². The summed E-state index contributed by atoms with van der Waals surface area (Å²) in [4.78, 5) is 7.52. The molecule has 3 heterocycles. The van der Waals surface area contributed by atoms with E-state index in [0.717, 1.165) is 0 Å². The van der Waals surface area contributed by atoms with E-state index in [1.807, 2.05) is 58.8 Å². The van der Waals surface area contributed by atoms with E-state index in [4.69, 9.17) is 0 Å². The first-order valence-electron chi connectivity index (χ1n) is 5.69. The molecule has 0 aliphatic carbocycles. The SMILES string of the molecule is [CH3][Sn]([CH3])([CH3])[C]1=CSC(=C2SC3=C(SCCS3)S2)S1. The van der Waals surface area contributed by atoms with Gasteiger partial charge in [0.1, 0.15) is 0 Å². The van der Waals surface area contributed by atoms with E-state index in [0.29, 0.717) is 0 Å². The van der Waals surface area contributed by atoms with Crippen molar-refractivity contribution in [3.8, 4) is 0 Å². The Kier molecular flexibility index (Phi) is 5.08. The molecule has 3 rings (SSSR count). The summed E-state index contributed by atoms with van der Waals surface area (Å²) in [5.41, 5.74) is 0. The third-order valence-corrected chi connectivity index (χ3v) is 21.2. The van der Waals surface area contributed by atoms with Gasteiger partial charge in [-0.25, -0.2) is 0 Å². The second-order valence-corrected chi connectivity index (χ2v) is 27.6. The molecule has 0 saturated carbocycles. The molecule has 0 fully saturated rings. The molecule has 0 nitrogen and oxygen atoms in total. The van der Waals surface area contributed by atoms with Gasteiger partial charge < -0.3 is 0 Å². The van der Waals surface area contributed by atoms with E-state index in [-0.39, 0.29) is 0 Å². The molecule has 0 atom stereocenters. The average molecular weight is 457 g/mol. The fraction of sp³-hybridized carbons (Fsp3) is 0.455. The van der Waals surface area contributed by atoms with Gasteiger partial charge in [0, 0.05) is 0 Å². The van der Waals surface area contributed by atoms with Crippen LogP contribution < -0.4 is 0 Å². The van der Waals surface area contributed by atoms with E-state index in [1.165, 1.54) is 11.5 Å². The molecule has 7 heteroatoms. The van der Waals surface area contributed by atoms with Crippen LogP contribution in [0.25, 0.3) is 0 Å². The maximum atomic E-state index is 2.51. The Morgan fingerprint density at radius 3 is 1.94 bits per heavy atom. The van der Waals surface area contributed by atoms with E-state index in [1.54, 1.807) is 19.9 Å². The van der Waals surface area contributed by atoms with Gasteiger partial charge >= 0.3 is 141 Å². The number of hydrogen-bond acceptors (Lipinski definition) is 6. The summed E-state index contributed by atoms with van der Waals surface area (Å²) in [6.45, 7) is 0. The molecule has 0 saturated heterocycles. The van der Waals surface area contributed by atoms with Gasteiger partial charge in [0.2, 0.25) is 0 Å². The maximum absolute atomic E-state index is 2.51. The summed E-state index contributed by atoms with van der Waals surface area (Å²) in [6, 6.07) is 0. The molecule has 3 aliphatic rings. The third kappa shape index (κ3) is 3.30. The standard InChI is InChI=1S/C8H5S6.3CH3.Sn/c1-2-10-5(9-1)8-13-6-7(14-8)12-4-3-11-6;;;;/h1H,3-4H2;3*1H3;. The topological polar surface area (TPSA) is 0 Å². The molecule has 0 aromatic rings. The fourth-order valence-electron chi connectivity index (χ4n) is 1.48. The van der Waals surface area contributed by atoms with Gasteiger partial charge in [-0.2, -0.15) is 0 Å². The fourth-order valence-corrected chi connectivity index (χ4v) is 18.0. The molecule has 0 radical (unpaired) electrons. The molecule has 0 unspecified atom stereocenters. The second kappa shape index (κ2) is 6.08. The van der Waals surface area contributed by atoms with Crippen molar-refractivity contribution in [3.63, 3.8) is 0 Å². The first kappa shape index (κ1) is 15.0. The van der Waals surface area contributed by atoms with Gasteiger partial charge in [0.25, 0.3) is 0 Å². The molecule has 0 spiro atoms. The van der Waals surface area contributed by atoms with E-state index < -0.39 is 18.4 Å². The van der Waals surface area contributed by atoms with Crippen LogP contribution in [0.3, 0.4) is 0 Å². The van der Waals surface area contributed by atoms with Gasteiger partial charge in [-0.15, -0.1) is 0 Å². The van der Waals surface area contributed by atoms with Crippen LogP contribution in [0.2, 0.25) is 14.8 Å². The Bertz CT molecular complexity index is 450. The Morgan fingerprint density at radius 2 is 1.44 bits per heavy atom. The molecular weight excluding hydrogens is 443 g/mol. The van der Waals surface area contributed by atoms with Gasteiger partial charge in [0.05, 0.1) is 0 Å². The monoisotopic (exact) mass is 458 g/mol. The molecular formula is C11H14S6Sn. The van der Waals surface area contributed by atoms with E-state index in [9.17, 15) is 0 Å². The Morgan fingerprint density at radius 1 is 0.833 bits per heavy atom. The first-order valence-corrected chi connectivity index (χ1v) is 21.0. The molecule has 0 amide bonds. The van der Waals surface area contributed by atoms with Crippen LogP contribution in [0.1, 0.15) is 0 Å². The summed E-state index contributed by atoms with van der Waals surface area (Å²) in [5.74, 6) is 2.56. The summed E-state index contributed by atoms with van der Waals surface area (Å²) >= 11 is 10.3. The van der Waals surface area contributed by atoms with Crippen molar-refractivity contribution in [3.05, 3.63) is 25.3 Å². The zero-order valence-corrected chi connectivity index (χ0v) is 18.2. The van der Waals surface area contributed by atoms with Crippen LogP contribution in [0.15, 0.2) is 25.3 Å². The predicted octanol–water partition coefficient (Wildman–Crippen LogP) is 6.40. The van der Waals surface area contributed by atoms with Gasteiger partial charge in [0.15, 0.2) is 0 Å². The molecule has 0 N–H and O–H groups in total. The average Bonchev–Trinajstić information content (AvgIpc) is 2.94. The van der Waals surface area contributed by atoms with E-state index >= 15 is 0 Å². The second-order valence-electron chi connectivity index (χ2n) is 5.00. The Hall–Kier alpha value is 2.12. The van der Waals surface area contributed by atoms with Crippen LogP contribution in [0.5, 0.6) is 0 Å². The van der Waals surface area contributed by atoms with Crippen molar-refractivity contribution in [1.82, 2.24) is 0 Å². The van der Waals surface area contributed by atoms with Gasteiger partial charge in [-0.05, 0) is 0 Å². The number of rotatable bonds is 1.